The van der Waals surface area contributed by atoms with Crippen molar-refractivity contribution in [1.82, 2.24) is 0 Å². The lowest BCUT2D eigenvalue weighted by Crippen LogP contribution is -2.22. The molecule has 0 aromatic heterocycles. The van der Waals surface area contributed by atoms with Crippen molar-refractivity contribution in [2.75, 3.05) is 7.11 Å². The van der Waals surface area contributed by atoms with Gasteiger partial charge < -0.3 is 4.43 Å². The van der Waals surface area contributed by atoms with Crippen LogP contribution in [0.25, 0.3) is 0 Å². The molecule has 0 aromatic rings. The molecule has 0 rings (SSSR count). The molecule has 0 fully saturated rings. The fraction of sp³-hybridized carbons (Fsp3) is 1.00. The van der Waals surface area contributed by atoms with Crippen molar-refractivity contribution >= 4 is 28.2 Å². The van der Waals surface area contributed by atoms with E-state index in [2.05, 4.69) is 19.6 Å². The molecule has 0 saturated carbocycles. The Morgan fingerprint density at radius 1 is 1.33 bits per heavy atom. The van der Waals surface area contributed by atoms with Gasteiger partial charge in [0.25, 0.3) is 0 Å². The van der Waals surface area contributed by atoms with Crippen LogP contribution in [0.2, 0.25) is 26.2 Å². The van der Waals surface area contributed by atoms with Gasteiger partial charge in [-0.2, -0.15) is 11.1 Å². The molecule has 0 spiro atoms. The van der Waals surface area contributed by atoms with Crippen LogP contribution in [-0.4, -0.2) is 24.3 Å². The van der Waals surface area contributed by atoms with Crippen molar-refractivity contribution in [3.8, 4) is 0 Å². The molecule has 0 radical (unpaired) electrons. The molecule has 1 nitrogen and oxygen atoms in total. The van der Waals surface area contributed by atoms with Gasteiger partial charge in [-0.3, -0.25) is 0 Å². The molecule has 0 bridgehead atoms. The summed E-state index contributed by atoms with van der Waals surface area (Å²) in [6, 6.07) is 0. The highest BCUT2D eigenvalue weighted by Gasteiger charge is 2.09. The van der Waals surface area contributed by atoms with Crippen LogP contribution in [-0.2, 0) is 4.43 Å². The fourth-order valence-electron chi connectivity index (χ4n) is 0. The van der Waals surface area contributed by atoms with Gasteiger partial charge in [0, 0.05) is 7.11 Å². The van der Waals surface area contributed by atoms with Gasteiger partial charge in [-0.05, 0) is 19.6 Å². The maximum Gasteiger partial charge on any atom is 0.183 e. The highest BCUT2D eigenvalue weighted by atomic mass is 35.6. The molecular weight excluding hydrogens is 168 g/mol. The molecule has 0 atom stereocenters. The summed E-state index contributed by atoms with van der Waals surface area (Å²) in [5.74, 6) is 0. The van der Waals surface area contributed by atoms with E-state index >= 15 is 0 Å². The van der Waals surface area contributed by atoms with Gasteiger partial charge in [-0.25, -0.2) is 0 Å². The molecule has 58 valence electrons. The van der Waals surface area contributed by atoms with Crippen LogP contribution in [0.1, 0.15) is 0 Å². The lowest BCUT2D eigenvalue weighted by atomic mass is 11.8. The first-order valence-corrected chi connectivity index (χ1v) is 10.0. The zero-order chi connectivity index (χ0) is 7.91. The Kier molecular flexibility index (Phi) is 9.34. The van der Waals surface area contributed by atoms with Crippen LogP contribution in [0.4, 0.5) is 0 Å². The van der Waals surface area contributed by atoms with E-state index in [0.717, 1.165) is 0 Å². The molecular formula is C5H17ClOSi2. The van der Waals surface area contributed by atoms with E-state index in [1.807, 2.05) is 6.55 Å². The standard InChI is InChI=1S/C4H12OSi.CH5ClSi/c1-5-6(2,3)4;1-3-2/h1-4H3;3H2,1H3. The molecule has 0 heterocycles. The maximum absolute atomic E-state index is 5.14. The number of hydrogen-bond acceptors (Lipinski definition) is 1. The van der Waals surface area contributed by atoms with Crippen LogP contribution in [0.15, 0.2) is 0 Å². The molecule has 0 N–H and O–H groups in total. The van der Waals surface area contributed by atoms with Crippen molar-refractivity contribution in [2.24, 2.45) is 0 Å². The van der Waals surface area contributed by atoms with Gasteiger partial charge in [-0.1, -0.05) is 6.55 Å². The second kappa shape index (κ2) is 6.80. The Balaban J connectivity index is 0. The summed E-state index contributed by atoms with van der Waals surface area (Å²) in [4.78, 5) is 0. The van der Waals surface area contributed by atoms with Gasteiger partial charge in [0.2, 0.25) is 0 Å². The maximum atomic E-state index is 5.14. The molecule has 0 amide bonds. The summed E-state index contributed by atoms with van der Waals surface area (Å²) >= 11 is 5.14. The normalized spacial score (nSPS) is 11.3. The van der Waals surface area contributed by atoms with Crippen molar-refractivity contribution < 1.29 is 4.43 Å². The molecule has 0 aliphatic heterocycles. The molecule has 4 heteroatoms. The van der Waals surface area contributed by atoms with E-state index in [1.54, 1.807) is 7.11 Å². The van der Waals surface area contributed by atoms with E-state index in [-0.39, 0.29) is 8.83 Å². The Morgan fingerprint density at radius 2 is 1.44 bits per heavy atom. The summed E-state index contributed by atoms with van der Waals surface area (Å²) in [6.07, 6.45) is 0. The predicted molar refractivity (Wildman–Crippen MR) is 50.6 cm³/mol. The second-order valence-corrected chi connectivity index (χ2v) is 9.35. The average molecular weight is 185 g/mol. The molecule has 0 aromatic carbocycles. The topological polar surface area (TPSA) is 9.23 Å². The fourth-order valence-corrected chi connectivity index (χ4v) is 0. The number of halogens is 1. The van der Waals surface area contributed by atoms with E-state index < -0.39 is 8.32 Å². The SMILES string of the molecule is CO[Si](C)(C)C.C[SiH2]Cl. The van der Waals surface area contributed by atoms with Crippen LogP contribution >= 0.6 is 11.1 Å². The molecule has 0 aliphatic carbocycles. The van der Waals surface area contributed by atoms with Crippen LogP contribution < -0.4 is 0 Å². The van der Waals surface area contributed by atoms with Crippen molar-refractivity contribution in [1.29, 1.82) is 0 Å². The van der Waals surface area contributed by atoms with E-state index in [1.165, 1.54) is 0 Å². The molecule has 0 saturated heterocycles. The zero-order valence-electron chi connectivity index (χ0n) is 6.99. The van der Waals surface area contributed by atoms with E-state index in [9.17, 15) is 0 Å². The van der Waals surface area contributed by atoms with Gasteiger partial charge >= 0.3 is 0 Å². The Bertz CT molecular complexity index is 53.4. The zero-order valence-corrected chi connectivity index (χ0v) is 10.2. The largest absolute Gasteiger partial charge is 0.421 e. The summed E-state index contributed by atoms with van der Waals surface area (Å²) < 4.78 is 5.08. The summed E-state index contributed by atoms with van der Waals surface area (Å²) in [5.41, 5.74) is 0. The van der Waals surface area contributed by atoms with Crippen molar-refractivity contribution in [3.63, 3.8) is 0 Å². The minimum Gasteiger partial charge on any atom is -0.421 e. The monoisotopic (exact) mass is 184 g/mol. The second-order valence-electron chi connectivity index (χ2n) is 2.58. The van der Waals surface area contributed by atoms with Gasteiger partial charge in [0.1, 0.15) is 8.83 Å². The van der Waals surface area contributed by atoms with Gasteiger partial charge in [0.05, 0.1) is 0 Å². The highest BCUT2D eigenvalue weighted by molar-refractivity contribution is 6.92. The summed E-state index contributed by atoms with van der Waals surface area (Å²) in [7, 11) is 0.528. The van der Waals surface area contributed by atoms with Gasteiger partial charge in [0.15, 0.2) is 8.32 Å². The first-order valence-electron chi connectivity index (χ1n) is 3.09. The van der Waals surface area contributed by atoms with Crippen LogP contribution in [0.3, 0.4) is 0 Å². The number of hydrogen-bond donors (Lipinski definition) is 0. The average Bonchev–Trinajstić information content (AvgIpc) is 1.67. The molecule has 0 aliphatic rings. The highest BCUT2D eigenvalue weighted by Crippen LogP contribution is 1.97. The summed E-state index contributed by atoms with van der Waals surface area (Å²) in [6.45, 7) is 8.51. The third kappa shape index (κ3) is 28.6. The van der Waals surface area contributed by atoms with Crippen LogP contribution in [0, 0.1) is 0 Å². The first-order chi connectivity index (χ1) is 3.97. The quantitative estimate of drug-likeness (QED) is 0.447. The molecule has 9 heavy (non-hydrogen) atoms. The lowest BCUT2D eigenvalue weighted by Gasteiger charge is -2.10. The predicted octanol–water partition coefficient (Wildman–Crippen LogP) is 1.82. The smallest absolute Gasteiger partial charge is 0.183 e. The number of rotatable bonds is 1. The third-order valence-electron chi connectivity index (χ3n) is 0.612. The third-order valence-corrected chi connectivity index (χ3v) is 1.84. The Morgan fingerprint density at radius 3 is 1.44 bits per heavy atom. The molecule has 0 unspecified atom stereocenters. The van der Waals surface area contributed by atoms with Crippen molar-refractivity contribution in [3.05, 3.63) is 0 Å². The lowest BCUT2D eigenvalue weighted by molar-refractivity contribution is 0.411. The summed E-state index contributed by atoms with van der Waals surface area (Å²) in [5, 5.41) is 0. The first kappa shape index (κ1) is 12.4. The minimum absolute atomic E-state index is 0.111. The van der Waals surface area contributed by atoms with E-state index in [0.29, 0.717) is 0 Å². The Labute approximate surface area is 66.4 Å². The van der Waals surface area contributed by atoms with Crippen molar-refractivity contribution in [2.45, 2.75) is 26.2 Å². The minimum atomic E-state index is -1.13. The van der Waals surface area contributed by atoms with Crippen LogP contribution in [0.5, 0.6) is 0 Å². The van der Waals surface area contributed by atoms with Gasteiger partial charge in [-0.15, -0.1) is 0 Å². The Hall–Kier alpha value is 0.684. The van der Waals surface area contributed by atoms with E-state index in [4.69, 9.17) is 15.5 Å².